The second-order valence-electron chi connectivity index (χ2n) is 4.18. The van der Waals surface area contributed by atoms with E-state index in [1.54, 1.807) is 18.2 Å². The molecule has 88 valence electrons. The number of ether oxygens (including phenoxy) is 1. The first-order valence-electron chi connectivity index (χ1n) is 4.94. The molecular formula is C11H12F3NO. The zero-order valence-corrected chi connectivity index (χ0v) is 8.71. The summed E-state index contributed by atoms with van der Waals surface area (Å²) in [7, 11) is 0. The van der Waals surface area contributed by atoms with Crippen LogP contribution in [0.2, 0.25) is 0 Å². The molecule has 0 radical (unpaired) electrons. The molecule has 5 heteroatoms. The van der Waals surface area contributed by atoms with Crippen LogP contribution in [0.25, 0.3) is 0 Å². The maximum Gasteiger partial charge on any atom is 0.428 e. The Bertz CT molecular complexity index is 404. The molecule has 1 aromatic rings. The molecule has 1 aromatic carbocycles. The van der Waals surface area contributed by atoms with Gasteiger partial charge in [-0.2, -0.15) is 13.2 Å². The van der Waals surface area contributed by atoms with E-state index >= 15 is 0 Å². The van der Waals surface area contributed by atoms with Gasteiger partial charge in [0.1, 0.15) is 5.75 Å². The summed E-state index contributed by atoms with van der Waals surface area (Å²) in [5.41, 5.74) is 4.17. The van der Waals surface area contributed by atoms with Crippen molar-refractivity contribution in [3.05, 3.63) is 29.8 Å². The van der Waals surface area contributed by atoms with Gasteiger partial charge in [-0.1, -0.05) is 18.2 Å². The van der Waals surface area contributed by atoms with Crippen molar-refractivity contribution < 1.29 is 17.9 Å². The highest BCUT2D eigenvalue weighted by molar-refractivity contribution is 5.38. The Balaban J connectivity index is 2.41. The van der Waals surface area contributed by atoms with Crippen LogP contribution in [-0.2, 0) is 0 Å². The number of alkyl halides is 3. The van der Waals surface area contributed by atoms with Gasteiger partial charge >= 0.3 is 6.18 Å². The van der Waals surface area contributed by atoms with Crippen molar-refractivity contribution in [3.8, 4) is 5.75 Å². The third kappa shape index (κ3) is 1.65. The first kappa shape index (κ1) is 11.3. The van der Waals surface area contributed by atoms with Crippen molar-refractivity contribution in [2.45, 2.75) is 31.2 Å². The topological polar surface area (TPSA) is 35.2 Å². The average Bonchev–Trinajstić information content (AvgIpc) is 2.15. The number of halogens is 3. The number of nitrogens with two attached hydrogens (primary N) is 1. The fourth-order valence-electron chi connectivity index (χ4n) is 1.87. The molecule has 0 aliphatic carbocycles. The van der Waals surface area contributed by atoms with Gasteiger partial charge in [-0.3, -0.25) is 0 Å². The Morgan fingerprint density at radius 3 is 2.62 bits per heavy atom. The van der Waals surface area contributed by atoms with E-state index in [2.05, 4.69) is 0 Å². The van der Waals surface area contributed by atoms with Crippen LogP contribution in [0.4, 0.5) is 13.2 Å². The number of rotatable bonds is 0. The molecule has 1 aliphatic heterocycles. The Morgan fingerprint density at radius 2 is 2.00 bits per heavy atom. The lowest BCUT2D eigenvalue weighted by atomic mass is 9.88. The molecule has 2 rings (SSSR count). The third-order valence-corrected chi connectivity index (χ3v) is 2.86. The number of fused-ring (bicyclic) bond motifs is 1. The van der Waals surface area contributed by atoms with Crippen LogP contribution in [0.15, 0.2) is 24.3 Å². The SMILES string of the molecule is C[C@@]1(C(F)(F)F)C[C@@H](N)c2ccccc2O1. The molecule has 1 heterocycles. The average molecular weight is 231 g/mol. The van der Waals surface area contributed by atoms with Crippen LogP contribution in [0, 0.1) is 0 Å². The summed E-state index contributed by atoms with van der Waals surface area (Å²) in [5, 5.41) is 0. The molecule has 0 aromatic heterocycles. The minimum absolute atomic E-state index is 0.223. The van der Waals surface area contributed by atoms with Crippen molar-refractivity contribution >= 4 is 0 Å². The van der Waals surface area contributed by atoms with Crippen molar-refractivity contribution in [3.63, 3.8) is 0 Å². The van der Waals surface area contributed by atoms with Gasteiger partial charge < -0.3 is 10.5 Å². The predicted molar refractivity (Wildman–Crippen MR) is 53.1 cm³/mol. The third-order valence-electron chi connectivity index (χ3n) is 2.86. The Kier molecular flexibility index (Phi) is 2.38. The van der Waals surface area contributed by atoms with E-state index in [-0.39, 0.29) is 12.2 Å². The monoisotopic (exact) mass is 231 g/mol. The van der Waals surface area contributed by atoms with E-state index < -0.39 is 17.8 Å². The molecule has 2 nitrogen and oxygen atoms in total. The minimum Gasteiger partial charge on any atom is -0.478 e. The van der Waals surface area contributed by atoms with Gasteiger partial charge in [0, 0.05) is 18.0 Å². The quantitative estimate of drug-likeness (QED) is 0.745. The summed E-state index contributed by atoms with van der Waals surface area (Å²) in [4.78, 5) is 0. The number of para-hydroxylation sites is 1. The molecule has 2 atom stereocenters. The second kappa shape index (κ2) is 3.38. The van der Waals surface area contributed by atoms with Crippen LogP contribution in [0.3, 0.4) is 0 Å². The van der Waals surface area contributed by atoms with E-state index in [4.69, 9.17) is 10.5 Å². The Labute approximate surface area is 91.2 Å². The fraction of sp³-hybridized carbons (Fsp3) is 0.455. The zero-order valence-electron chi connectivity index (χ0n) is 8.71. The molecular weight excluding hydrogens is 219 g/mol. The van der Waals surface area contributed by atoms with Gasteiger partial charge in [-0.15, -0.1) is 0 Å². The molecule has 16 heavy (non-hydrogen) atoms. The molecule has 2 N–H and O–H groups in total. The molecule has 0 spiro atoms. The maximum atomic E-state index is 12.8. The van der Waals surface area contributed by atoms with Crippen molar-refractivity contribution in [1.82, 2.24) is 0 Å². The summed E-state index contributed by atoms with van der Waals surface area (Å²) >= 11 is 0. The zero-order chi connectivity index (χ0) is 12.0. The summed E-state index contributed by atoms with van der Waals surface area (Å²) in [6.07, 6.45) is -4.67. The highest BCUT2D eigenvalue weighted by Gasteiger charge is 2.56. The normalized spacial score (nSPS) is 29.4. The number of hydrogen-bond donors (Lipinski definition) is 1. The Hall–Kier alpha value is -1.23. The van der Waals surface area contributed by atoms with Gasteiger partial charge in [-0.25, -0.2) is 0 Å². The molecule has 0 saturated heterocycles. The molecule has 0 amide bonds. The van der Waals surface area contributed by atoms with Gasteiger partial charge in [0.05, 0.1) is 0 Å². The van der Waals surface area contributed by atoms with Gasteiger partial charge in [-0.05, 0) is 13.0 Å². The fourth-order valence-corrected chi connectivity index (χ4v) is 1.87. The van der Waals surface area contributed by atoms with E-state index in [1.165, 1.54) is 6.07 Å². The lowest BCUT2D eigenvalue weighted by molar-refractivity contribution is -0.248. The molecule has 0 saturated carbocycles. The van der Waals surface area contributed by atoms with Crippen molar-refractivity contribution in [1.29, 1.82) is 0 Å². The lowest BCUT2D eigenvalue weighted by Gasteiger charge is -2.39. The summed E-state index contributed by atoms with van der Waals surface area (Å²) < 4.78 is 43.5. The van der Waals surface area contributed by atoms with Crippen molar-refractivity contribution in [2.24, 2.45) is 5.73 Å². The minimum atomic E-state index is -4.42. The smallest absolute Gasteiger partial charge is 0.428 e. The number of benzene rings is 1. The van der Waals surface area contributed by atoms with Crippen LogP contribution in [0.1, 0.15) is 24.9 Å². The summed E-state index contributed by atoms with van der Waals surface area (Å²) in [6, 6.07) is 5.93. The largest absolute Gasteiger partial charge is 0.478 e. The molecule has 0 unspecified atom stereocenters. The lowest BCUT2D eigenvalue weighted by Crippen LogP contribution is -2.51. The predicted octanol–water partition coefficient (Wildman–Crippen LogP) is 2.79. The van der Waals surface area contributed by atoms with Crippen molar-refractivity contribution in [2.75, 3.05) is 0 Å². The van der Waals surface area contributed by atoms with Gasteiger partial charge in [0.2, 0.25) is 5.60 Å². The van der Waals surface area contributed by atoms with Crippen LogP contribution < -0.4 is 10.5 Å². The highest BCUT2D eigenvalue weighted by atomic mass is 19.4. The van der Waals surface area contributed by atoms with E-state index in [0.717, 1.165) is 6.92 Å². The van der Waals surface area contributed by atoms with Crippen LogP contribution in [0.5, 0.6) is 5.75 Å². The van der Waals surface area contributed by atoms with Crippen LogP contribution in [-0.4, -0.2) is 11.8 Å². The Morgan fingerprint density at radius 1 is 1.38 bits per heavy atom. The molecule has 1 aliphatic rings. The highest BCUT2D eigenvalue weighted by Crippen LogP contribution is 2.45. The number of hydrogen-bond acceptors (Lipinski definition) is 2. The van der Waals surface area contributed by atoms with E-state index in [9.17, 15) is 13.2 Å². The first-order chi connectivity index (χ1) is 7.33. The maximum absolute atomic E-state index is 12.8. The summed E-state index contributed by atoms with van der Waals surface area (Å²) in [5.74, 6) is 0.223. The van der Waals surface area contributed by atoms with Gasteiger partial charge in [0.25, 0.3) is 0 Å². The second-order valence-corrected chi connectivity index (χ2v) is 4.18. The molecule has 0 bridgehead atoms. The molecule has 0 fully saturated rings. The summed E-state index contributed by atoms with van der Waals surface area (Å²) in [6.45, 7) is 1.03. The van der Waals surface area contributed by atoms with E-state index in [0.29, 0.717) is 5.56 Å². The van der Waals surface area contributed by atoms with Gasteiger partial charge in [0.15, 0.2) is 0 Å². The standard InChI is InChI=1S/C11H12F3NO/c1-10(11(12,13)14)6-8(15)7-4-2-3-5-9(7)16-10/h2-5,8H,6,15H2,1H3/t8-,10+/m1/s1. The van der Waals surface area contributed by atoms with E-state index in [1.807, 2.05) is 0 Å². The van der Waals surface area contributed by atoms with Crippen LogP contribution >= 0.6 is 0 Å². The first-order valence-corrected chi connectivity index (χ1v) is 4.94.